The Bertz CT molecular complexity index is 1070. The maximum absolute atomic E-state index is 12.3. The van der Waals surface area contributed by atoms with Gasteiger partial charge in [-0.15, -0.1) is 0 Å². The zero-order valence-corrected chi connectivity index (χ0v) is 14.3. The number of pyridine rings is 1. The molecule has 0 atom stereocenters. The minimum atomic E-state index is -0.274. The van der Waals surface area contributed by atoms with E-state index in [2.05, 4.69) is 15.6 Å². The normalized spacial score (nSPS) is 10.7. The molecule has 2 aromatic heterocycles. The van der Waals surface area contributed by atoms with Crippen LogP contribution < -0.4 is 10.6 Å². The Balaban J connectivity index is 1.49. The van der Waals surface area contributed by atoms with E-state index in [1.165, 1.54) is 0 Å². The summed E-state index contributed by atoms with van der Waals surface area (Å²) in [5.74, 6) is 0. The third-order valence-corrected chi connectivity index (χ3v) is 4.26. The average Bonchev–Trinajstić information content (AvgIpc) is 3.03. The molecule has 26 heavy (non-hydrogen) atoms. The van der Waals surface area contributed by atoms with Gasteiger partial charge in [0, 0.05) is 53.5 Å². The molecule has 0 saturated heterocycles. The predicted octanol–water partition coefficient (Wildman–Crippen LogP) is 4.88. The van der Waals surface area contributed by atoms with E-state index < -0.39 is 0 Å². The number of benzene rings is 2. The van der Waals surface area contributed by atoms with Crippen molar-refractivity contribution in [3.05, 3.63) is 79.3 Å². The van der Waals surface area contributed by atoms with E-state index in [1.807, 2.05) is 78.5 Å². The van der Waals surface area contributed by atoms with Gasteiger partial charge in [0.2, 0.25) is 0 Å². The van der Waals surface area contributed by atoms with E-state index in [1.54, 1.807) is 12.4 Å². The van der Waals surface area contributed by atoms with Gasteiger partial charge in [-0.05, 0) is 48.0 Å². The number of hydrogen-bond acceptors (Lipinski definition) is 2. The summed E-state index contributed by atoms with van der Waals surface area (Å²) < 4.78 is 2.04. The lowest BCUT2D eigenvalue weighted by Crippen LogP contribution is -2.19. The number of anilines is 2. The molecule has 5 nitrogen and oxygen atoms in total. The monoisotopic (exact) mass is 342 g/mol. The number of carbonyl (C=O) groups excluding carboxylic acids is 1. The van der Waals surface area contributed by atoms with Gasteiger partial charge in [0.1, 0.15) is 0 Å². The molecule has 2 aromatic carbocycles. The summed E-state index contributed by atoms with van der Waals surface area (Å²) in [5, 5.41) is 6.84. The molecule has 4 aromatic rings. The van der Waals surface area contributed by atoms with Crippen LogP contribution in [0.5, 0.6) is 0 Å². The molecule has 0 bridgehead atoms. The van der Waals surface area contributed by atoms with Crippen LogP contribution in [0.3, 0.4) is 0 Å². The van der Waals surface area contributed by atoms with E-state index in [-0.39, 0.29) is 6.03 Å². The van der Waals surface area contributed by atoms with Crippen molar-refractivity contribution >= 4 is 28.3 Å². The number of amides is 2. The van der Waals surface area contributed by atoms with Crippen molar-refractivity contribution in [2.75, 3.05) is 10.6 Å². The van der Waals surface area contributed by atoms with Crippen LogP contribution in [0.15, 0.2) is 79.3 Å². The molecule has 0 aliphatic carbocycles. The fraction of sp³-hybridized carbons (Fsp3) is 0.0476. The fourth-order valence-corrected chi connectivity index (χ4v) is 2.96. The molecule has 2 amide bonds. The van der Waals surface area contributed by atoms with E-state index in [0.717, 1.165) is 33.4 Å². The zero-order valence-electron chi connectivity index (χ0n) is 14.3. The predicted molar refractivity (Wildman–Crippen MR) is 105 cm³/mol. The number of nitrogens with one attached hydrogen (secondary N) is 2. The van der Waals surface area contributed by atoms with Gasteiger partial charge >= 0.3 is 6.03 Å². The molecular formula is C21H18N4O. The Morgan fingerprint density at radius 1 is 0.923 bits per heavy atom. The van der Waals surface area contributed by atoms with Gasteiger partial charge in [-0.1, -0.05) is 18.2 Å². The van der Waals surface area contributed by atoms with Crippen molar-refractivity contribution in [2.45, 2.75) is 0 Å². The SMILES string of the molecule is Cn1ccc2cc(NC(=O)Nc3cccc(-c4cccnc4)c3)ccc21. The van der Waals surface area contributed by atoms with Crippen LogP contribution in [-0.2, 0) is 7.05 Å². The quantitative estimate of drug-likeness (QED) is 0.557. The molecule has 128 valence electrons. The van der Waals surface area contributed by atoms with Crippen molar-refractivity contribution in [3.63, 3.8) is 0 Å². The average molecular weight is 342 g/mol. The fourth-order valence-electron chi connectivity index (χ4n) is 2.96. The number of nitrogens with zero attached hydrogens (tertiary/aromatic N) is 2. The number of rotatable bonds is 3. The van der Waals surface area contributed by atoms with Crippen LogP contribution in [0.2, 0.25) is 0 Å². The molecule has 4 rings (SSSR count). The maximum Gasteiger partial charge on any atom is 0.323 e. The number of aryl methyl sites for hydroxylation is 1. The molecule has 0 unspecified atom stereocenters. The van der Waals surface area contributed by atoms with E-state index >= 15 is 0 Å². The minimum Gasteiger partial charge on any atom is -0.351 e. The second-order valence-corrected chi connectivity index (χ2v) is 6.10. The first kappa shape index (κ1) is 15.9. The highest BCUT2D eigenvalue weighted by atomic mass is 16.2. The molecule has 5 heteroatoms. The molecule has 0 spiro atoms. The van der Waals surface area contributed by atoms with Crippen molar-refractivity contribution < 1.29 is 4.79 Å². The standard InChI is InChI=1S/C21H18N4O/c1-25-11-9-16-13-19(7-8-20(16)25)24-21(26)23-18-6-2-4-15(12-18)17-5-3-10-22-14-17/h2-14H,1H3,(H2,23,24,26). The van der Waals surface area contributed by atoms with Gasteiger partial charge in [0.25, 0.3) is 0 Å². The summed E-state index contributed by atoms with van der Waals surface area (Å²) >= 11 is 0. The smallest absolute Gasteiger partial charge is 0.323 e. The zero-order chi connectivity index (χ0) is 17.9. The van der Waals surface area contributed by atoms with Crippen molar-refractivity contribution in [1.82, 2.24) is 9.55 Å². The highest BCUT2D eigenvalue weighted by Crippen LogP contribution is 2.23. The molecule has 2 heterocycles. The highest BCUT2D eigenvalue weighted by Gasteiger charge is 2.06. The summed E-state index contributed by atoms with van der Waals surface area (Å²) in [6.07, 6.45) is 5.54. The topological polar surface area (TPSA) is 59.0 Å². The molecule has 0 aliphatic rings. The van der Waals surface area contributed by atoms with Crippen LogP contribution in [0, 0.1) is 0 Å². The first-order valence-electron chi connectivity index (χ1n) is 8.32. The number of carbonyl (C=O) groups is 1. The van der Waals surface area contributed by atoms with E-state index in [9.17, 15) is 4.79 Å². The second kappa shape index (κ2) is 6.72. The summed E-state index contributed by atoms with van der Waals surface area (Å²) in [6, 6.07) is 19.2. The molecular weight excluding hydrogens is 324 g/mol. The molecule has 2 N–H and O–H groups in total. The largest absolute Gasteiger partial charge is 0.351 e. The van der Waals surface area contributed by atoms with Gasteiger partial charge in [-0.25, -0.2) is 4.79 Å². The van der Waals surface area contributed by atoms with Crippen molar-refractivity contribution in [3.8, 4) is 11.1 Å². The number of urea groups is 1. The van der Waals surface area contributed by atoms with Crippen LogP contribution in [0.4, 0.5) is 16.2 Å². The van der Waals surface area contributed by atoms with Crippen LogP contribution in [0.1, 0.15) is 0 Å². The third-order valence-electron chi connectivity index (χ3n) is 4.26. The Labute approximate surface area is 151 Å². The highest BCUT2D eigenvalue weighted by molar-refractivity contribution is 6.01. The first-order chi connectivity index (χ1) is 12.7. The van der Waals surface area contributed by atoms with Crippen LogP contribution in [-0.4, -0.2) is 15.6 Å². The molecule has 0 saturated carbocycles. The third kappa shape index (κ3) is 3.28. The number of fused-ring (bicyclic) bond motifs is 1. The van der Waals surface area contributed by atoms with Gasteiger partial charge in [-0.2, -0.15) is 0 Å². The lowest BCUT2D eigenvalue weighted by Gasteiger charge is -2.09. The minimum absolute atomic E-state index is 0.274. The summed E-state index contributed by atoms with van der Waals surface area (Å²) in [7, 11) is 2.00. The van der Waals surface area contributed by atoms with Gasteiger partial charge in [-0.3, -0.25) is 4.98 Å². The van der Waals surface area contributed by atoms with Gasteiger partial charge < -0.3 is 15.2 Å². The Morgan fingerprint density at radius 2 is 1.73 bits per heavy atom. The van der Waals surface area contributed by atoms with E-state index in [0.29, 0.717) is 0 Å². The molecule has 0 fully saturated rings. The summed E-state index contributed by atoms with van der Waals surface area (Å²) in [6.45, 7) is 0. The van der Waals surface area contributed by atoms with Gasteiger partial charge in [0.05, 0.1) is 0 Å². The molecule has 0 radical (unpaired) electrons. The lowest BCUT2D eigenvalue weighted by molar-refractivity contribution is 0.262. The van der Waals surface area contributed by atoms with Crippen LogP contribution in [0.25, 0.3) is 22.0 Å². The van der Waals surface area contributed by atoms with Gasteiger partial charge in [0.15, 0.2) is 0 Å². The number of hydrogen-bond donors (Lipinski definition) is 2. The van der Waals surface area contributed by atoms with Crippen LogP contribution >= 0.6 is 0 Å². The second-order valence-electron chi connectivity index (χ2n) is 6.10. The first-order valence-corrected chi connectivity index (χ1v) is 8.32. The Hall–Kier alpha value is -3.60. The number of aromatic nitrogens is 2. The Kier molecular flexibility index (Phi) is 4.11. The van der Waals surface area contributed by atoms with Crippen molar-refractivity contribution in [2.24, 2.45) is 7.05 Å². The van der Waals surface area contributed by atoms with E-state index in [4.69, 9.17) is 0 Å². The maximum atomic E-state index is 12.3. The molecule has 0 aliphatic heterocycles. The summed E-state index contributed by atoms with van der Waals surface area (Å²) in [5.41, 5.74) is 4.61. The summed E-state index contributed by atoms with van der Waals surface area (Å²) in [4.78, 5) is 16.5. The van der Waals surface area contributed by atoms with Crippen molar-refractivity contribution in [1.29, 1.82) is 0 Å². The Morgan fingerprint density at radius 3 is 2.54 bits per heavy atom. The lowest BCUT2D eigenvalue weighted by atomic mass is 10.1.